The van der Waals surface area contributed by atoms with Gasteiger partial charge in [-0.1, -0.05) is 6.42 Å². The lowest BCUT2D eigenvalue weighted by Gasteiger charge is -2.04. The number of rotatable bonds is 7. The van der Waals surface area contributed by atoms with Crippen LogP contribution in [0.1, 0.15) is 41.7 Å². The third kappa shape index (κ3) is 3.48. The van der Waals surface area contributed by atoms with Crippen LogP contribution in [0.25, 0.3) is 21.9 Å². The standard InChI is InChI=1S/C20H26N2O3/c1-12-9-18(23)25-19-14(3)20-16(10-15(12)19)13(2)17(24-20)11-22-8-6-4-5-7-21/h9-10,22H,4-8,11,21H2,1-3H3. The van der Waals surface area contributed by atoms with E-state index in [1.165, 1.54) is 6.07 Å². The van der Waals surface area contributed by atoms with E-state index in [2.05, 4.69) is 18.3 Å². The fourth-order valence-corrected chi connectivity index (χ4v) is 3.29. The van der Waals surface area contributed by atoms with Crippen LogP contribution in [-0.2, 0) is 6.54 Å². The number of hydrogen-bond acceptors (Lipinski definition) is 5. The maximum Gasteiger partial charge on any atom is 0.336 e. The van der Waals surface area contributed by atoms with Crippen LogP contribution in [-0.4, -0.2) is 13.1 Å². The predicted molar refractivity (Wildman–Crippen MR) is 101 cm³/mol. The van der Waals surface area contributed by atoms with E-state index in [0.29, 0.717) is 12.1 Å². The summed E-state index contributed by atoms with van der Waals surface area (Å²) in [6.07, 6.45) is 3.33. The van der Waals surface area contributed by atoms with Crippen molar-refractivity contribution in [2.24, 2.45) is 5.73 Å². The average Bonchev–Trinajstić information content (AvgIpc) is 2.89. The van der Waals surface area contributed by atoms with Crippen molar-refractivity contribution in [2.75, 3.05) is 13.1 Å². The molecule has 0 fully saturated rings. The largest absolute Gasteiger partial charge is 0.459 e. The van der Waals surface area contributed by atoms with Crippen molar-refractivity contribution in [3.05, 3.63) is 45.0 Å². The number of hydrogen-bond donors (Lipinski definition) is 2. The summed E-state index contributed by atoms with van der Waals surface area (Å²) >= 11 is 0. The van der Waals surface area contributed by atoms with Gasteiger partial charge < -0.3 is 19.9 Å². The second-order valence-electron chi connectivity index (χ2n) is 6.68. The minimum atomic E-state index is -0.324. The molecule has 0 amide bonds. The Morgan fingerprint density at radius 3 is 2.48 bits per heavy atom. The number of unbranched alkanes of at least 4 members (excludes halogenated alkanes) is 2. The molecule has 0 spiro atoms. The summed E-state index contributed by atoms with van der Waals surface area (Å²) in [6, 6.07) is 3.60. The highest BCUT2D eigenvalue weighted by atomic mass is 16.4. The molecule has 0 radical (unpaired) electrons. The topological polar surface area (TPSA) is 81.4 Å². The molecule has 0 aliphatic heterocycles. The molecule has 0 atom stereocenters. The van der Waals surface area contributed by atoms with Crippen molar-refractivity contribution in [1.29, 1.82) is 0 Å². The quantitative estimate of drug-likeness (QED) is 0.505. The first-order valence-corrected chi connectivity index (χ1v) is 8.89. The van der Waals surface area contributed by atoms with E-state index in [1.807, 2.05) is 13.8 Å². The fourth-order valence-electron chi connectivity index (χ4n) is 3.29. The Labute approximate surface area is 147 Å². The van der Waals surface area contributed by atoms with Gasteiger partial charge in [0.15, 0.2) is 0 Å². The zero-order valence-corrected chi connectivity index (χ0v) is 15.2. The van der Waals surface area contributed by atoms with Gasteiger partial charge in [-0.3, -0.25) is 0 Å². The molecule has 25 heavy (non-hydrogen) atoms. The predicted octanol–water partition coefficient (Wildman–Crippen LogP) is 3.68. The molecule has 0 saturated carbocycles. The molecule has 0 aliphatic rings. The fraction of sp³-hybridized carbons (Fsp3) is 0.450. The second-order valence-corrected chi connectivity index (χ2v) is 6.68. The van der Waals surface area contributed by atoms with E-state index in [1.54, 1.807) is 0 Å². The van der Waals surface area contributed by atoms with Crippen LogP contribution >= 0.6 is 0 Å². The molecule has 5 heteroatoms. The third-order valence-electron chi connectivity index (χ3n) is 4.81. The van der Waals surface area contributed by atoms with Gasteiger partial charge >= 0.3 is 5.63 Å². The number of nitrogens with one attached hydrogen (secondary N) is 1. The van der Waals surface area contributed by atoms with E-state index in [9.17, 15) is 4.79 Å². The number of nitrogens with two attached hydrogens (primary N) is 1. The van der Waals surface area contributed by atoms with Crippen molar-refractivity contribution < 1.29 is 8.83 Å². The molecular formula is C20H26N2O3. The summed E-state index contributed by atoms with van der Waals surface area (Å²) in [6.45, 7) is 8.36. The maximum atomic E-state index is 11.7. The van der Waals surface area contributed by atoms with Crippen LogP contribution in [0.15, 0.2) is 25.8 Å². The van der Waals surface area contributed by atoms with Crippen LogP contribution in [0.2, 0.25) is 0 Å². The normalized spacial score (nSPS) is 11.7. The van der Waals surface area contributed by atoms with Crippen molar-refractivity contribution >= 4 is 21.9 Å². The van der Waals surface area contributed by atoms with Crippen LogP contribution < -0.4 is 16.7 Å². The van der Waals surface area contributed by atoms with Crippen molar-refractivity contribution in [1.82, 2.24) is 5.32 Å². The van der Waals surface area contributed by atoms with Gasteiger partial charge in [0.05, 0.1) is 6.54 Å². The third-order valence-corrected chi connectivity index (χ3v) is 4.81. The Morgan fingerprint density at radius 2 is 1.72 bits per heavy atom. The summed E-state index contributed by atoms with van der Waals surface area (Å²) in [5.74, 6) is 0.937. The van der Waals surface area contributed by atoms with E-state index >= 15 is 0 Å². The van der Waals surface area contributed by atoms with Gasteiger partial charge in [-0.25, -0.2) is 4.79 Å². The Bertz CT molecular complexity index is 953. The maximum absolute atomic E-state index is 11.7. The molecule has 2 heterocycles. The minimum Gasteiger partial charge on any atom is -0.459 e. The molecule has 0 saturated heterocycles. The Morgan fingerprint density at radius 1 is 0.960 bits per heavy atom. The Balaban J connectivity index is 1.91. The average molecular weight is 342 g/mol. The van der Waals surface area contributed by atoms with Crippen molar-refractivity contribution in [3.8, 4) is 0 Å². The SMILES string of the molecule is Cc1cc(=O)oc2c(C)c3oc(CNCCCCCN)c(C)c3cc12. The molecule has 0 bridgehead atoms. The van der Waals surface area contributed by atoms with E-state index in [-0.39, 0.29) is 5.63 Å². The molecule has 0 aliphatic carbocycles. The molecule has 134 valence electrons. The molecule has 2 aromatic heterocycles. The lowest BCUT2D eigenvalue weighted by molar-refractivity contribution is 0.500. The molecule has 3 N–H and O–H groups in total. The first-order chi connectivity index (χ1) is 12.0. The van der Waals surface area contributed by atoms with Gasteiger partial charge in [0.1, 0.15) is 16.9 Å². The van der Waals surface area contributed by atoms with Crippen molar-refractivity contribution in [3.63, 3.8) is 0 Å². The molecular weight excluding hydrogens is 316 g/mol. The lowest BCUT2D eigenvalue weighted by atomic mass is 10.0. The summed E-state index contributed by atoms with van der Waals surface area (Å²) in [5.41, 5.74) is 9.56. The number of furan rings is 1. The summed E-state index contributed by atoms with van der Waals surface area (Å²) in [4.78, 5) is 11.7. The molecule has 0 unspecified atom stereocenters. The number of fused-ring (bicyclic) bond motifs is 2. The van der Waals surface area contributed by atoms with Gasteiger partial charge in [0.2, 0.25) is 0 Å². The van der Waals surface area contributed by atoms with Gasteiger partial charge in [-0.15, -0.1) is 0 Å². The van der Waals surface area contributed by atoms with Crippen LogP contribution in [0.3, 0.4) is 0 Å². The van der Waals surface area contributed by atoms with Crippen LogP contribution in [0.4, 0.5) is 0 Å². The highest BCUT2D eigenvalue weighted by molar-refractivity contribution is 5.99. The number of aryl methyl sites for hydroxylation is 3. The van der Waals surface area contributed by atoms with Crippen molar-refractivity contribution in [2.45, 2.75) is 46.6 Å². The van der Waals surface area contributed by atoms with E-state index < -0.39 is 0 Å². The van der Waals surface area contributed by atoms with E-state index in [0.717, 1.165) is 71.2 Å². The summed E-state index contributed by atoms with van der Waals surface area (Å²) in [5, 5.41) is 5.49. The zero-order chi connectivity index (χ0) is 18.0. The second kappa shape index (κ2) is 7.42. The van der Waals surface area contributed by atoms with Gasteiger partial charge in [0.25, 0.3) is 0 Å². The van der Waals surface area contributed by atoms with Gasteiger partial charge in [-0.05, 0) is 63.9 Å². The van der Waals surface area contributed by atoms with Crippen LogP contribution in [0.5, 0.6) is 0 Å². The van der Waals surface area contributed by atoms with E-state index in [4.69, 9.17) is 14.6 Å². The molecule has 5 nitrogen and oxygen atoms in total. The smallest absolute Gasteiger partial charge is 0.336 e. The summed E-state index contributed by atoms with van der Waals surface area (Å²) < 4.78 is 11.5. The lowest BCUT2D eigenvalue weighted by Crippen LogP contribution is -2.15. The van der Waals surface area contributed by atoms with Gasteiger partial charge in [-0.2, -0.15) is 0 Å². The molecule has 3 aromatic rings. The number of benzene rings is 1. The Hall–Kier alpha value is -2.11. The highest BCUT2D eigenvalue weighted by Gasteiger charge is 2.17. The summed E-state index contributed by atoms with van der Waals surface area (Å²) in [7, 11) is 0. The minimum absolute atomic E-state index is 0.324. The first-order valence-electron chi connectivity index (χ1n) is 8.89. The first kappa shape index (κ1) is 17.7. The molecule has 1 aromatic carbocycles. The monoisotopic (exact) mass is 342 g/mol. The Kier molecular flexibility index (Phi) is 5.25. The zero-order valence-electron chi connectivity index (χ0n) is 15.2. The molecule has 3 rings (SSSR count). The van der Waals surface area contributed by atoms with Crippen LogP contribution in [0, 0.1) is 20.8 Å². The highest BCUT2D eigenvalue weighted by Crippen LogP contribution is 2.34. The van der Waals surface area contributed by atoms with Gasteiger partial charge in [0, 0.05) is 22.4 Å².